The van der Waals surface area contributed by atoms with Crippen LogP contribution in [0.5, 0.6) is 0 Å². The fraction of sp³-hybridized carbons (Fsp3) is 0.588. The van der Waals surface area contributed by atoms with Crippen molar-refractivity contribution >= 4 is 5.91 Å². The van der Waals surface area contributed by atoms with Gasteiger partial charge in [-0.15, -0.1) is 0 Å². The smallest absolute Gasteiger partial charge is 0.227 e. The second-order valence-corrected chi connectivity index (χ2v) is 6.62. The summed E-state index contributed by atoms with van der Waals surface area (Å²) in [6, 6.07) is 0.170. The Labute approximate surface area is 136 Å². The molecule has 3 heterocycles. The van der Waals surface area contributed by atoms with Crippen LogP contribution in [0.4, 0.5) is 0 Å². The van der Waals surface area contributed by atoms with Gasteiger partial charge in [-0.05, 0) is 34.1 Å². The van der Waals surface area contributed by atoms with Crippen molar-refractivity contribution in [2.45, 2.75) is 59.0 Å². The minimum absolute atomic E-state index is 0.0782. The van der Waals surface area contributed by atoms with Crippen LogP contribution in [-0.4, -0.2) is 31.3 Å². The van der Waals surface area contributed by atoms with E-state index in [2.05, 4.69) is 26.2 Å². The van der Waals surface area contributed by atoms with Gasteiger partial charge < -0.3 is 9.88 Å². The van der Waals surface area contributed by atoms with E-state index >= 15 is 0 Å². The third-order valence-electron chi connectivity index (χ3n) is 4.85. The van der Waals surface area contributed by atoms with Gasteiger partial charge in [-0.25, -0.2) is 4.98 Å². The number of amides is 1. The quantitative estimate of drug-likeness (QED) is 0.939. The summed E-state index contributed by atoms with van der Waals surface area (Å²) in [6.07, 6.45) is 3.92. The predicted molar refractivity (Wildman–Crippen MR) is 88.3 cm³/mol. The molecule has 23 heavy (non-hydrogen) atoms. The number of aryl methyl sites for hydroxylation is 4. The molecule has 0 fully saturated rings. The Morgan fingerprint density at radius 1 is 1.39 bits per heavy atom. The summed E-state index contributed by atoms with van der Waals surface area (Å²) in [5.41, 5.74) is 4.08. The number of nitrogens with zero attached hydrogens (tertiary/aromatic N) is 4. The zero-order valence-corrected chi connectivity index (χ0v) is 14.6. The lowest BCUT2D eigenvalue weighted by Crippen LogP contribution is -2.42. The Hall–Kier alpha value is -2.11. The SMILES string of the molecule is Cc1cn2c(n1)CCC(NC(=O)C(C)c1c(C)nn(C)c1C)C2. The molecule has 6 nitrogen and oxygen atoms in total. The van der Waals surface area contributed by atoms with Crippen molar-refractivity contribution in [1.29, 1.82) is 0 Å². The van der Waals surface area contributed by atoms with Crippen LogP contribution in [0, 0.1) is 20.8 Å². The largest absolute Gasteiger partial charge is 0.351 e. The van der Waals surface area contributed by atoms with Crippen molar-refractivity contribution in [2.24, 2.45) is 7.05 Å². The molecule has 2 aromatic heterocycles. The molecule has 0 spiro atoms. The normalized spacial score (nSPS) is 18.6. The van der Waals surface area contributed by atoms with Gasteiger partial charge in [0.25, 0.3) is 0 Å². The van der Waals surface area contributed by atoms with Gasteiger partial charge >= 0.3 is 0 Å². The van der Waals surface area contributed by atoms with Crippen LogP contribution < -0.4 is 5.32 Å². The number of fused-ring (bicyclic) bond motifs is 1. The lowest BCUT2D eigenvalue weighted by atomic mass is 9.97. The number of aromatic nitrogens is 4. The zero-order valence-electron chi connectivity index (χ0n) is 14.6. The van der Waals surface area contributed by atoms with E-state index in [1.165, 1.54) is 0 Å². The van der Waals surface area contributed by atoms with Gasteiger partial charge in [0.15, 0.2) is 0 Å². The molecule has 0 bridgehead atoms. The summed E-state index contributed by atoms with van der Waals surface area (Å²) in [5.74, 6) is 1.02. The third kappa shape index (κ3) is 2.90. The molecular weight excluding hydrogens is 290 g/mol. The maximum absolute atomic E-state index is 12.7. The highest BCUT2D eigenvalue weighted by Gasteiger charge is 2.26. The topological polar surface area (TPSA) is 64.7 Å². The number of carbonyl (C=O) groups is 1. The summed E-state index contributed by atoms with van der Waals surface area (Å²) in [4.78, 5) is 17.2. The summed E-state index contributed by atoms with van der Waals surface area (Å²) >= 11 is 0. The van der Waals surface area contributed by atoms with E-state index in [1.54, 1.807) is 0 Å². The number of nitrogens with one attached hydrogen (secondary N) is 1. The number of hydrogen-bond acceptors (Lipinski definition) is 3. The van der Waals surface area contributed by atoms with Gasteiger partial charge in [0.2, 0.25) is 5.91 Å². The van der Waals surface area contributed by atoms with Crippen molar-refractivity contribution in [1.82, 2.24) is 24.6 Å². The van der Waals surface area contributed by atoms with Gasteiger partial charge in [-0.3, -0.25) is 9.48 Å². The Balaban J connectivity index is 1.70. The molecule has 6 heteroatoms. The number of rotatable bonds is 3. The van der Waals surface area contributed by atoms with Gasteiger partial charge in [0, 0.05) is 43.5 Å². The highest BCUT2D eigenvalue weighted by atomic mass is 16.1. The van der Waals surface area contributed by atoms with Crippen LogP contribution in [0.2, 0.25) is 0 Å². The Bertz CT molecular complexity index is 742. The molecule has 1 N–H and O–H groups in total. The monoisotopic (exact) mass is 315 g/mol. The zero-order chi connectivity index (χ0) is 16.7. The van der Waals surface area contributed by atoms with Gasteiger partial charge in [-0.1, -0.05) is 0 Å². The fourth-order valence-electron chi connectivity index (χ4n) is 3.58. The Morgan fingerprint density at radius 2 is 2.13 bits per heavy atom. The molecule has 1 aliphatic heterocycles. The van der Waals surface area contributed by atoms with E-state index in [4.69, 9.17) is 0 Å². The van der Waals surface area contributed by atoms with E-state index in [0.717, 1.165) is 47.9 Å². The van der Waals surface area contributed by atoms with E-state index in [0.29, 0.717) is 0 Å². The average Bonchev–Trinajstić information content (AvgIpc) is 2.97. The van der Waals surface area contributed by atoms with Crippen molar-refractivity contribution in [3.63, 3.8) is 0 Å². The highest BCUT2D eigenvalue weighted by Crippen LogP contribution is 2.24. The molecule has 124 valence electrons. The summed E-state index contributed by atoms with van der Waals surface area (Å²) in [7, 11) is 1.92. The van der Waals surface area contributed by atoms with E-state index in [9.17, 15) is 4.79 Å². The van der Waals surface area contributed by atoms with Crippen LogP contribution in [0.1, 0.15) is 47.7 Å². The molecule has 2 aromatic rings. The Kier molecular flexibility index (Phi) is 4.00. The van der Waals surface area contributed by atoms with Crippen LogP contribution in [0.25, 0.3) is 0 Å². The molecule has 0 saturated carbocycles. The molecule has 2 unspecified atom stereocenters. The number of carbonyl (C=O) groups excluding carboxylic acids is 1. The average molecular weight is 315 g/mol. The molecule has 0 saturated heterocycles. The lowest BCUT2D eigenvalue weighted by Gasteiger charge is -2.26. The van der Waals surface area contributed by atoms with Crippen LogP contribution in [0.15, 0.2) is 6.20 Å². The molecule has 0 aliphatic carbocycles. The van der Waals surface area contributed by atoms with Crippen molar-refractivity contribution in [3.05, 3.63) is 34.7 Å². The maximum atomic E-state index is 12.7. The second kappa shape index (κ2) is 5.83. The molecule has 2 atom stereocenters. The van der Waals surface area contributed by atoms with Gasteiger partial charge in [-0.2, -0.15) is 5.10 Å². The minimum atomic E-state index is -0.186. The van der Waals surface area contributed by atoms with Gasteiger partial charge in [0.1, 0.15) is 5.82 Å². The fourth-order valence-corrected chi connectivity index (χ4v) is 3.58. The van der Waals surface area contributed by atoms with Crippen molar-refractivity contribution < 1.29 is 4.79 Å². The lowest BCUT2D eigenvalue weighted by molar-refractivity contribution is -0.123. The standard InChI is InChI=1S/C17H25N5O/c1-10-8-22-9-14(6-7-15(22)18-10)19-17(23)11(2)16-12(3)20-21(5)13(16)4/h8,11,14H,6-7,9H2,1-5H3,(H,19,23). The number of imidazole rings is 1. The van der Waals surface area contributed by atoms with Crippen LogP contribution >= 0.6 is 0 Å². The molecule has 1 amide bonds. The molecule has 0 radical (unpaired) electrons. The highest BCUT2D eigenvalue weighted by molar-refractivity contribution is 5.84. The third-order valence-corrected chi connectivity index (χ3v) is 4.85. The minimum Gasteiger partial charge on any atom is -0.351 e. The first kappa shape index (κ1) is 15.8. The summed E-state index contributed by atoms with van der Waals surface area (Å²) < 4.78 is 4.00. The number of hydrogen-bond donors (Lipinski definition) is 1. The molecule has 0 aromatic carbocycles. The first-order valence-electron chi connectivity index (χ1n) is 8.20. The van der Waals surface area contributed by atoms with Gasteiger partial charge in [0.05, 0.1) is 17.3 Å². The van der Waals surface area contributed by atoms with Crippen LogP contribution in [-0.2, 0) is 24.8 Å². The maximum Gasteiger partial charge on any atom is 0.227 e. The second-order valence-electron chi connectivity index (χ2n) is 6.62. The van der Waals surface area contributed by atoms with Crippen molar-refractivity contribution in [2.75, 3.05) is 0 Å². The van der Waals surface area contributed by atoms with Crippen molar-refractivity contribution in [3.8, 4) is 0 Å². The van der Waals surface area contributed by atoms with E-state index in [1.807, 2.05) is 39.4 Å². The van der Waals surface area contributed by atoms with E-state index < -0.39 is 0 Å². The molecular formula is C17H25N5O. The molecule has 1 aliphatic rings. The predicted octanol–water partition coefficient (Wildman–Crippen LogP) is 1.78. The Morgan fingerprint density at radius 3 is 2.78 bits per heavy atom. The van der Waals surface area contributed by atoms with E-state index in [-0.39, 0.29) is 17.9 Å². The van der Waals surface area contributed by atoms with Crippen LogP contribution in [0.3, 0.4) is 0 Å². The molecule has 3 rings (SSSR count). The summed E-state index contributed by atoms with van der Waals surface area (Å²) in [5, 5.41) is 7.62. The first-order valence-corrected chi connectivity index (χ1v) is 8.20. The first-order chi connectivity index (χ1) is 10.9. The summed E-state index contributed by atoms with van der Waals surface area (Å²) in [6.45, 7) is 8.75.